The molecule has 0 aromatic carbocycles. The topological polar surface area (TPSA) is 102 Å². The molecule has 0 bridgehead atoms. The van der Waals surface area contributed by atoms with E-state index in [1.54, 1.807) is 20.8 Å². The van der Waals surface area contributed by atoms with Gasteiger partial charge in [0.05, 0.1) is 6.10 Å². The Hall–Kier alpha value is -1.83. The molecule has 2 fully saturated rings. The summed E-state index contributed by atoms with van der Waals surface area (Å²) >= 11 is 0. The molecule has 0 amide bonds. The van der Waals surface area contributed by atoms with E-state index < -0.39 is 35.0 Å². The fourth-order valence-corrected chi connectivity index (χ4v) is 3.15. The third-order valence-corrected chi connectivity index (χ3v) is 4.99. The van der Waals surface area contributed by atoms with Crippen molar-refractivity contribution < 1.29 is 34.0 Å². The SMILES string of the molecule is C=C(C(=O)/C=C/C(C)(C)OO)[C@@H]1C[C@@H]2O[C@]2(C)C(=O)[C@H]1OC(=O)CC(C)C. The Morgan fingerprint density at radius 3 is 2.63 bits per heavy atom. The van der Waals surface area contributed by atoms with Gasteiger partial charge in [-0.25, -0.2) is 4.89 Å². The van der Waals surface area contributed by atoms with Crippen LogP contribution in [0.25, 0.3) is 0 Å². The smallest absolute Gasteiger partial charge is 0.306 e. The first-order valence-corrected chi connectivity index (χ1v) is 9.08. The van der Waals surface area contributed by atoms with Crippen molar-refractivity contribution in [3.63, 3.8) is 0 Å². The fourth-order valence-electron chi connectivity index (χ4n) is 3.15. The Bertz CT molecular complexity index is 676. The second-order valence-electron chi connectivity index (χ2n) is 8.35. The van der Waals surface area contributed by atoms with Gasteiger partial charge in [-0.1, -0.05) is 20.4 Å². The summed E-state index contributed by atoms with van der Waals surface area (Å²) in [5, 5.41) is 8.81. The lowest BCUT2D eigenvalue weighted by atomic mass is 9.75. The molecule has 7 nitrogen and oxygen atoms in total. The first kappa shape index (κ1) is 21.5. The normalized spacial score (nSPS) is 30.3. The van der Waals surface area contributed by atoms with E-state index in [-0.39, 0.29) is 29.8 Å². The Balaban J connectivity index is 2.18. The van der Waals surface area contributed by atoms with Crippen molar-refractivity contribution in [2.24, 2.45) is 11.8 Å². The number of ether oxygens (including phenoxy) is 2. The third kappa shape index (κ3) is 4.72. The molecule has 0 radical (unpaired) electrons. The lowest BCUT2D eigenvalue weighted by molar-refractivity contribution is -0.297. The van der Waals surface area contributed by atoms with E-state index in [4.69, 9.17) is 14.7 Å². The molecule has 2 rings (SSSR count). The van der Waals surface area contributed by atoms with Gasteiger partial charge in [-0.3, -0.25) is 19.6 Å². The minimum atomic E-state index is -1.09. The molecule has 1 N–H and O–H groups in total. The van der Waals surface area contributed by atoms with Crippen LogP contribution in [0.5, 0.6) is 0 Å². The Kier molecular flexibility index (Phi) is 6.09. The summed E-state index contributed by atoms with van der Waals surface area (Å²) in [5.41, 5.74) is -1.83. The quantitative estimate of drug-likeness (QED) is 0.227. The maximum atomic E-state index is 12.8. The number of carbonyl (C=O) groups is 3. The van der Waals surface area contributed by atoms with Crippen LogP contribution in [-0.4, -0.2) is 46.2 Å². The monoisotopic (exact) mass is 380 g/mol. The summed E-state index contributed by atoms with van der Waals surface area (Å²) < 4.78 is 11.0. The molecule has 0 unspecified atom stereocenters. The lowest BCUT2D eigenvalue weighted by Gasteiger charge is -2.31. The molecular weight excluding hydrogens is 352 g/mol. The zero-order chi connectivity index (χ0) is 20.6. The van der Waals surface area contributed by atoms with Crippen molar-refractivity contribution in [2.75, 3.05) is 0 Å². The molecule has 0 spiro atoms. The first-order valence-electron chi connectivity index (χ1n) is 9.08. The van der Waals surface area contributed by atoms with Gasteiger partial charge < -0.3 is 9.47 Å². The van der Waals surface area contributed by atoms with Crippen molar-refractivity contribution >= 4 is 17.5 Å². The van der Waals surface area contributed by atoms with Crippen molar-refractivity contribution in [3.8, 4) is 0 Å². The average molecular weight is 380 g/mol. The van der Waals surface area contributed by atoms with E-state index in [0.29, 0.717) is 6.42 Å². The van der Waals surface area contributed by atoms with Crippen molar-refractivity contribution in [1.82, 2.24) is 0 Å². The van der Waals surface area contributed by atoms with Crippen LogP contribution in [0.4, 0.5) is 0 Å². The highest BCUT2D eigenvalue weighted by Gasteiger charge is 2.66. The number of fused-ring (bicyclic) bond motifs is 1. The molecule has 0 aromatic rings. The number of epoxide rings is 1. The highest BCUT2D eigenvalue weighted by atomic mass is 17.1. The Labute approximate surface area is 159 Å². The van der Waals surface area contributed by atoms with Crippen LogP contribution in [0.15, 0.2) is 24.3 Å². The van der Waals surface area contributed by atoms with E-state index in [1.165, 1.54) is 12.2 Å². The maximum Gasteiger partial charge on any atom is 0.306 e. The molecule has 7 heteroatoms. The van der Waals surface area contributed by atoms with Crippen molar-refractivity contribution in [3.05, 3.63) is 24.3 Å². The highest BCUT2D eigenvalue weighted by molar-refractivity contribution is 6.06. The zero-order valence-corrected chi connectivity index (χ0v) is 16.5. The number of allylic oxidation sites excluding steroid dienone is 1. The standard InChI is InChI=1S/C20H28O7/c1-11(2)9-16(22)25-17-13(10-15-20(6,26-15)18(17)23)12(3)14(21)7-8-19(4,5)27-24/h7-8,11,13,15,17,24H,3,9-10H2,1-2,4-6H3/b8-7+/t13-,15-,17-,20-/m0/s1. The highest BCUT2D eigenvalue weighted by Crippen LogP contribution is 2.49. The van der Waals surface area contributed by atoms with Crippen molar-refractivity contribution in [1.29, 1.82) is 0 Å². The number of Topliss-reactive ketones (excluding diaryl/α,β-unsaturated/α-hetero) is 1. The predicted octanol–water partition coefficient (Wildman–Crippen LogP) is 2.64. The average Bonchev–Trinajstić information content (AvgIpc) is 3.26. The summed E-state index contributed by atoms with van der Waals surface area (Å²) in [6, 6.07) is 0. The van der Waals surface area contributed by atoms with E-state index in [2.05, 4.69) is 11.5 Å². The van der Waals surface area contributed by atoms with Gasteiger partial charge in [-0.05, 0) is 50.8 Å². The second-order valence-corrected chi connectivity index (χ2v) is 8.35. The van der Waals surface area contributed by atoms with E-state index in [9.17, 15) is 14.4 Å². The minimum absolute atomic E-state index is 0.0867. The molecule has 150 valence electrons. The number of hydrogen-bond acceptors (Lipinski definition) is 7. The summed E-state index contributed by atoms with van der Waals surface area (Å²) in [7, 11) is 0. The van der Waals surface area contributed by atoms with Crippen LogP contribution in [0, 0.1) is 11.8 Å². The molecular formula is C20H28O7. The number of esters is 1. The largest absolute Gasteiger partial charge is 0.454 e. The zero-order valence-electron chi connectivity index (χ0n) is 16.5. The van der Waals surface area contributed by atoms with Crippen LogP contribution < -0.4 is 0 Å². The molecule has 1 aliphatic carbocycles. The van der Waals surface area contributed by atoms with E-state index in [1.807, 2.05) is 13.8 Å². The third-order valence-electron chi connectivity index (χ3n) is 4.99. The predicted molar refractivity (Wildman–Crippen MR) is 96.8 cm³/mol. The van der Waals surface area contributed by atoms with Crippen LogP contribution >= 0.6 is 0 Å². The number of hydrogen-bond donors (Lipinski definition) is 1. The molecule has 1 heterocycles. The van der Waals surface area contributed by atoms with Gasteiger partial charge >= 0.3 is 5.97 Å². The van der Waals surface area contributed by atoms with Crippen LogP contribution in [0.2, 0.25) is 0 Å². The molecule has 4 atom stereocenters. The van der Waals surface area contributed by atoms with Gasteiger partial charge in [0.15, 0.2) is 17.5 Å². The molecule has 27 heavy (non-hydrogen) atoms. The Morgan fingerprint density at radius 1 is 1.44 bits per heavy atom. The Morgan fingerprint density at radius 2 is 2.07 bits per heavy atom. The molecule has 1 saturated carbocycles. The van der Waals surface area contributed by atoms with Gasteiger partial charge in [0.25, 0.3) is 0 Å². The van der Waals surface area contributed by atoms with Gasteiger partial charge in [-0.15, -0.1) is 0 Å². The van der Waals surface area contributed by atoms with Gasteiger partial charge in [0.1, 0.15) is 5.60 Å². The minimum Gasteiger partial charge on any atom is -0.454 e. The number of ketones is 2. The lowest BCUT2D eigenvalue weighted by Crippen LogP contribution is -2.48. The van der Waals surface area contributed by atoms with Crippen LogP contribution in [-0.2, 0) is 28.7 Å². The first-order chi connectivity index (χ1) is 12.4. The van der Waals surface area contributed by atoms with Gasteiger partial charge in [0.2, 0.25) is 5.78 Å². The summed E-state index contributed by atoms with van der Waals surface area (Å²) in [6.07, 6.45) is 1.79. The van der Waals surface area contributed by atoms with E-state index >= 15 is 0 Å². The summed E-state index contributed by atoms with van der Waals surface area (Å²) in [5.74, 6) is -1.81. The maximum absolute atomic E-state index is 12.8. The summed E-state index contributed by atoms with van der Waals surface area (Å²) in [6.45, 7) is 12.4. The number of rotatable bonds is 8. The van der Waals surface area contributed by atoms with Crippen LogP contribution in [0.1, 0.15) is 47.5 Å². The fraction of sp³-hybridized carbons (Fsp3) is 0.650. The molecule has 1 aliphatic heterocycles. The van der Waals surface area contributed by atoms with Gasteiger partial charge in [-0.2, -0.15) is 0 Å². The van der Waals surface area contributed by atoms with Crippen LogP contribution in [0.3, 0.4) is 0 Å². The molecule has 2 aliphatic rings. The van der Waals surface area contributed by atoms with Crippen molar-refractivity contribution in [2.45, 2.75) is 70.9 Å². The van der Waals surface area contributed by atoms with E-state index in [0.717, 1.165) is 0 Å². The summed E-state index contributed by atoms with van der Waals surface area (Å²) in [4.78, 5) is 41.7. The molecule has 1 saturated heterocycles. The molecule has 0 aromatic heterocycles. The second kappa shape index (κ2) is 7.66. The number of carbonyl (C=O) groups excluding carboxylic acids is 3. The van der Waals surface area contributed by atoms with Gasteiger partial charge in [0, 0.05) is 12.3 Å².